The van der Waals surface area contributed by atoms with Crippen LogP contribution in [-0.4, -0.2) is 5.92 Å². The smallest absolute Gasteiger partial charge is 0.206 e. The van der Waals surface area contributed by atoms with Gasteiger partial charge in [-0.3, -0.25) is 0 Å². The van der Waals surface area contributed by atoms with Crippen LogP contribution in [0.25, 0.3) is 0 Å². The van der Waals surface area contributed by atoms with E-state index in [9.17, 15) is 8.78 Å². The van der Waals surface area contributed by atoms with Crippen LogP contribution in [0.1, 0.15) is 33.1 Å². The third-order valence-electron chi connectivity index (χ3n) is 3.47. The van der Waals surface area contributed by atoms with Gasteiger partial charge in [0, 0.05) is 11.3 Å². The summed E-state index contributed by atoms with van der Waals surface area (Å²) in [6, 6.07) is 0. The van der Waals surface area contributed by atoms with Gasteiger partial charge < -0.3 is 0 Å². The van der Waals surface area contributed by atoms with Gasteiger partial charge in [-0.15, -0.1) is 0 Å². The lowest BCUT2D eigenvalue weighted by Gasteiger charge is -2.65. The molecule has 3 rings (SSSR count). The molecule has 0 unspecified atom stereocenters. The lowest BCUT2D eigenvalue weighted by molar-refractivity contribution is -0.281. The zero-order valence-electron chi connectivity index (χ0n) is 7.03. The van der Waals surface area contributed by atoms with E-state index in [0.29, 0.717) is 5.92 Å². The molecule has 64 valence electrons. The fourth-order valence-corrected chi connectivity index (χ4v) is 2.50. The summed E-state index contributed by atoms with van der Waals surface area (Å²) in [6.07, 6.45) is 2.37. The van der Waals surface area contributed by atoms with E-state index >= 15 is 0 Å². The summed E-state index contributed by atoms with van der Waals surface area (Å²) in [5.74, 6) is -2.23. The zero-order valence-corrected chi connectivity index (χ0v) is 7.03. The van der Waals surface area contributed by atoms with Crippen molar-refractivity contribution >= 4 is 0 Å². The van der Waals surface area contributed by atoms with Crippen molar-refractivity contribution in [1.82, 2.24) is 0 Å². The molecule has 0 amide bonds. The van der Waals surface area contributed by atoms with Crippen LogP contribution in [0.5, 0.6) is 0 Å². The first-order valence-electron chi connectivity index (χ1n) is 4.36. The lowest BCUT2D eigenvalue weighted by Crippen LogP contribution is -2.63. The molecule has 0 radical (unpaired) electrons. The van der Waals surface area contributed by atoms with Crippen molar-refractivity contribution < 1.29 is 8.78 Å². The quantitative estimate of drug-likeness (QED) is 0.582. The van der Waals surface area contributed by atoms with Crippen LogP contribution in [0.3, 0.4) is 0 Å². The highest BCUT2D eigenvalue weighted by molar-refractivity contribution is 5.14. The molecule has 0 atom stereocenters. The van der Waals surface area contributed by atoms with E-state index in [1.807, 2.05) is 0 Å². The maximum atomic E-state index is 13.4. The van der Waals surface area contributed by atoms with Gasteiger partial charge in [-0.1, -0.05) is 13.8 Å². The maximum Gasteiger partial charge on any atom is 0.255 e. The summed E-state index contributed by atoms with van der Waals surface area (Å²) in [5, 5.41) is 0. The molecule has 3 fully saturated rings. The predicted octanol–water partition coefficient (Wildman–Crippen LogP) is 3.08. The van der Waals surface area contributed by atoms with Crippen molar-refractivity contribution in [3.8, 4) is 0 Å². The molecule has 3 saturated carbocycles. The summed E-state index contributed by atoms with van der Waals surface area (Å²) in [5.41, 5.74) is -0.550. The monoisotopic (exact) mass is 160 g/mol. The third kappa shape index (κ3) is 0.683. The zero-order chi connectivity index (χ0) is 8.28. The van der Waals surface area contributed by atoms with Gasteiger partial charge in [-0.2, -0.15) is 0 Å². The van der Waals surface area contributed by atoms with Gasteiger partial charge in [0.2, 0.25) is 0 Å². The highest BCUT2D eigenvalue weighted by atomic mass is 19.3. The van der Waals surface area contributed by atoms with E-state index in [1.165, 1.54) is 0 Å². The van der Waals surface area contributed by atoms with Crippen LogP contribution < -0.4 is 0 Å². The van der Waals surface area contributed by atoms with Crippen molar-refractivity contribution in [2.75, 3.05) is 0 Å². The van der Waals surface area contributed by atoms with Crippen LogP contribution in [0.4, 0.5) is 8.78 Å². The summed E-state index contributed by atoms with van der Waals surface area (Å²) in [6.45, 7) is 3.25. The van der Waals surface area contributed by atoms with Gasteiger partial charge in [-0.25, -0.2) is 8.78 Å². The Morgan fingerprint density at radius 1 is 1.27 bits per heavy atom. The Morgan fingerprint density at radius 3 is 1.82 bits per heavy atom. The highest BCUT2D eigenvalue weighted by Gasteiger charge is 2.69. The summed E-state index contributed by atoms with van der Waals surface area (Å²) >= 11 is 0. The van der Waals surface area contributed by atoms with Crippen LogP contribution in [0.15, 0.2) is 0 Å². The molecule has 0 N–H and O–H groups in total. The molecule has 11 heavy (non-hydrogen) atoms. The molecular weight excluding hydrogens is 146 g/mol. The van der Waals surface area contributed by atoms with Crippen molar-refractivity contribution in [3.63, 3.8) is 0 Å². The minimum absolute atomic E-state index is 0.483. The maximum absolute atomic E-state index is 13.4. The average molecular weight is 160 g/mol. The van der Waals surface area contributed by atoms with Gasteiger partial charge in [-0.05, 0) is 25.2 Å². The largest absolute Gasteiger partial charge is 0.255 e. The SMILES string of the molecule is CC(C)C(F)(F)C12CC(C1)C2. The van der Waals surface area contributed by atoms with Gasteiger partial charge in [0.25, 0.3) is 5.92 Å². The van der Waals surface area contributed by atoms with Crippen molar-refractivity contribution in [3.05, 3.63) is 0 Å². The topological polar surface area (TPSA) is 0 Å². The number of hydrogen-bond acceptors (Lipinski definition) is 0. The van der Waals surface area contributed by atoms with Crippen molar-refractivity contribution in [2.24, 2.45) is 17.3 Å². The minimum atomic E-state index is -2.40. The van der Waals surface area contributed by atoms with Gasteiger partial charge in [0.1, 0.15) is 0 Å². The first kappa shape index (κ1) is 7.51. The summed E-state index contributed by atoms with van der Waals surface area (Å²) in [4.78, 5) is 0. The van der Waals surface area contributed by atoms with Crippen LogP contribution in [0.2, 0.25) is 0 Å². The van der Waals surface area contributed by atoms with Crippen molar-refractivity contribution in [1.29, 1.82) is 0 Å². The molecular formula is C9H14F2. The Morgan fingerprint density at radius 2 is 1.73 bits per heavy atom. The summed E-state index contributed by atoms with van der Waals surface area (Å²) < 4.78 is 26.8. The number of rotatable bonds is 2. The number of halogens is 2. The molecule has 0 saturated heterocycles. The Balaban J connectivity index is 2.13. The highest BCUT2D eigenvalue weighted by Crippen LogP contribution is 2.72. The van der Waals surface area contributed by atoms with E-state index in [0.717, 1.165) is 19.3 Å². The number of alkyl halides is 2. The van der Waals surface area contributed by atoms with Crippen LogP contribution in [0, 0.1) is 17.3 Å². The molecule has 2 heteroatoms. The second-order valence-corrected chi connectivity index (χ2v) is 4.54. The molecule has 3 aliphatic carbocycles. The molecule has 2 bridgehead atoms. The van der Waals surface area contributed by atoms with Gasteiger partial charge in [0.15, 0.2) is 0 Å². The minimum Gasteiger partial charge on any atom is -0.206 e. The Labute approximate surface area is 66.0 Å². The summed E-state index contributed by atoms with van der Waals surface area (Å²) in [7, 11) is 0. The molecule has 0 aromatic heterocycles. The molecule has 0 aromatic carbocycles. The molecule has 0 aromatic rings. The molecule has 3 aliphatic rings. The van der Waals surface area contributed by atoms with E-state index in [-0.39, 0.29) is 0 Å². The second kappa shape index (κ2) is 1.78. The van der Waals surface area contributed by atoms with Crippen molar-refractivity contribution in [2.45, 2.75) is 39.0 Å². The predicted molar refractivity (Wildman–Crippen MR) is 39.6 cm³/mol. The van der Waals surface area contributed by atoms with Crippen LogP contribution >= 0.6 is 0 Å². The van der Waals surface area contributed by atoms with E-state index in [4.69, 9.17) is 0 Å². The van der Waals surface area contributed by atoms with E-state index in [1.54, 1.807) is 13.8 Å². The lowest BCUT2D eigenvalue weighted by atomic mass is 9.41. The third-order valence-corrected chi connectivity index (χ3v) is 3.47. The van der Waals surface area contributed by atoms with E-state index in [2.05, 4.69) is 0 Å². The standard InChI is InChI=1S/C9H14F2/c1-6(2)9(10,11)8-3-7(4-8)5-8/h6-7H,3-5H2,1-2H3. The second-order valence-electron chi connectivity index (χ2n) is 4.54. The fourth-order valence-electron chi connectivity index (χ4n) is 2.50. The fraction of sp³-hybridized carbons (Fsp3) is 1.00. The first-order chi connectivity index (χ1) is 4.98. The van der Waals surface area contributed by atoms with Gasteiger partial charge >= 0.3 is 0 Å². The normalized spacial score (nSPS) is 41.7. The molecule has 0 spiro atoms. The Kier molecular flexibility index (Phi) is 1.21. The van der Waals surface area contributed by atoms with Gasteiger partial charge in [0.05, 0.1) is 0 Å². The molecule has 0 nitrogen and oxygen atoms in total. The molecule has 0 aliphatic heterocycles. The Hall–Kier alpha value is -0.140. The average Bonchev–Trinajstić information content (AvgIpc) is 1.52. The number of hydrogen-bond donors (Lipinski definition) is 0. The van der Waals surface area contributed by atoms with Crippen LogP contribution in [-0.2, 0) is 0 Å². The van der Waals surface area contributed by atoms with E-state index < -0.39 is 17.3 Å². The Bertz CT molecular complexity index is 167. The molecule has 0 heterocycles. The first-order valence-corrected chi connectivity index (χ1v) is 4.36.